The zero-order chi connectivity index (χ0) is 19.4. The van der Waals surface area contributed by atoms with Gasteiger partial charge in [0.15, 0.2) is 0 Å². The molecule has 0 unspecified atom stereocenters. The summed E-state index contributed by atoms with van der Waals surface area (Å²) in [6.07, 6.45) is -4.01. The zero-order valence-corrected chi connectivity index (χ0v) is 14.1. The first-order chi connectivity index (χ1) is 12.2. The molecule has 2 rings (SSSR count). The van der Waals surface area contributed by atoms with Crippen molar-refractivity contribution in [1.29, 1.82) is 0 Å². The number of H-pyrrole nitrogens is 1. The largest absolute Gasteiger partial charge is 0.464 e. The molecule has 1 amide bonds. The topological polar surface area (TPSA) is 81.6 Å². The number of carbonyl (C=O) groups is 2. The lowest BCUT2D eigenvalue weighted by atomic mass is 10.1. The van der Waals surface area contributed by atoms with Gasteiger partial charge in [-0.15, -0.1) is 0 Å². The third kappa shape index (κ3) is 4.05. The predicted molar refractivity (Wildman–Crippen MR) is 86.3 cm³/mol. The number of hydrogen-bond donors (Lipinski definition) is 2. The summed E-state index contributed by atoms with van der Waals surface area (Å²) in [6, 6.07) is 9.64. The van der Waals surface area contributed by atoms with Gasteiger partial charge in [0.1, 0.15) is 6.20 Å². The Morgan fingerprint density at radius 1 is 1.12 bits per heavy atom. The molecule has 0 aliphatic heterocycles. The summed E-state index contributed by atoms with van der Waals surface area (Å²) in [7, 11) is 0.782. The van der Waals surface area contributed by atoms with E-state index in [1.807, 2.05) is 5.32 Å². The molecular formula is C16H14ClF3N3O3+. The molecule has 0 spiro atoms. The van der Waals surface area contributed by atoms with Crippen LogP contribution in [0.4, 0.5) is 19.0 Å². The highest BCUT2D eigenvalue weighted by Gasteiger charge is 2.67. The van der Waals surface area contributed by atoms with Gasteiger partial charge in [0.25, 0.3) is 11.7 Å². The van der Waals surface area contributed by atoms with Gasteiger partial charge in [-0.05, 0) is 18.2 Å². The highest BCUT2D eigenvalue weighted by Crippen LogP contribution is 2.32. The molecule has 0 fully saturated rings. The van der Waals surface area contributed by atoms with Crippen molar-refractivity contribution in [2.24, 2.45) is 0 Å². The number of carbonyl (C=O) groups excluding carboxylic acids is 2. The van der Waals surface area contributed by atoms with Gasteiger partial charge in [0, 0.05) is 11.6 Å². The smallest absolute Gasteiger partial charge is 0.464 e. The van der Waals surface area contributed by atoms with Crippen LogP contribution in [0.1, 0.15) is 10.4 Å². The first-order valence-corrected chi connectivity index (χ1v) is 7.55. The van der Waals surface area contributed by atoms with E-state index in [-0.39, 0.29) is 16.4 Å². The minimum absolute atomic E-state index is 0.0630. The second-order valence-electron chi connectivity index (χ2n) is 5.11. The van der Waals surface area contributed by atoms with Crippen molar-refractivity contribution in [3.05, 3.63) is 59.2 Å². The molecule has 1 aromatic carbocycles. The van der Waals surface area contributed by atoms with Gasteiger partial charge in [-0.1, -0.05) is 29.8 Å². The van der Waals surface area contributed by atoms with Gasteiger partial charge < -0.3 is 4.74 Å². The van der Waals surface area contributed by atoms with Crippen LogP contribution in [0.3, 0.4) is 0 Å². The van der Waals surface area contributed by atoms with E-state index in [4.69, 9.17) is 11.6 Å². The molecule has 10 heteroatoms. The summed E-state index contributed by atoms with van der Waals surface area (Å²) in [6.45, 7) is 0. The number of halogens is 4. The molecule has 2 aromatic rings. The average molecular weight is 389 g/mol. The number of rotatable bonds is 5. The zero-order valence-electron chi connectivity index (χ0n) is 13.4. The SMILES string of the molecule is COC(=O)[C@](NC(=O)c1ccccc1)(Nc1ccc(Cl)c[nH+]1)C(F)(F)F. The molecule has 1 heterocycles. The van der Waals surface area contributed by atoms with E-state index in [2.05, 4.69) is 9.72 Å². The highest BCUT2D eigenvalue weighted by atomic mass is 35.5. The molecule has 3 N–H and O–H groups in total. The number of pyridine rings is 1. The van der Waals surface area contributed by atoms with Crippen LogP contribution >= 0.6 is 11.6 Å². The second-order valence-corrected chi connectivity index (χ2v) is 5.54. The maximum atomic E-state index is 13.8. The number of esters is 1. The van der Waals surface area contributed by atoms with Crippen molar-refractivity contribution in [2.75, 3.05) is 12.4 Å². The maximum absolute atomic E-state index is 13.8. The Morgan fingerprint density at radius 3 is 2.27 bits per heavy atom. The molecule has 138 valence electrons. The highest BCUT2D eigenvalue weighted by molar-refractivity contribution is 6.30. The number of aromatic nitrogens is 1. The van der Waals surface area contributed by atoms with Crippen LogP contribution in [-0.2, 0) is 9.53 Å². The van der Waals surface area contributed by atoms with Crippen LogP contribution in [0.25, 0.3) is 0 Å². The standard InChI is InChI=1S/C16H13ClF3N3O3/c1-26-14(25)15(16(18,19)20,22-12-8-7-11(17)9-21-12)23-13(24)10-5-3-2-4-6-10/h2-9H,1H3,(H,21,22)(H,23,24)/p+1/t15-/m1/s1. The van der Waals surface area contributed by atoms with E-state index in [1.165, 1.54) is 42.6 Å². The number of aromatic amines is 1. The number of ether oxygens (including phenoxy) is 1. The molecule has 0 saturated heterocycles. The third-order valence-corrected chi connectivity index (χ3v) is 3.59. The van der Waals surface area contributed by atoms with E-state index >= 15 is 0 Å². The molecule has 0 radical (unpaired) electrons. The Kier molecular flexibility index (Phi) is 5.71. The van der Waals surface area contributed by atoms with Crippen molar-refractivity contribution in [2.45, 2.75) is 11.8 Å². The van der Waals surface area contributed by atoms with Gasteiger partial charge in [0.2, 0.25) is 0 Å². The summed E-state index contributed by atoms with van der Waals surface area (Å²) in [5, 5.41) is 3.90. The number of nitrogens with one attached hydrogen (secondary N) is 3. The third-order valence-electron chi connectivity index (χ3n) is 3.35. The number of alkyl halides is 3. The minimum atomic E-state index is -5.22. The van der Waals surface area contributed by atoms with Crippen molar-refractivity contribution >= 4 is 29.3 Å². The van der Waals surface area contributed by atoms with E-state index in [9.17, 15) is 22.8 Å². The summed E-state index contributed by atoms with van der Waals surface area (Å²) in [4.78, 5) is 26.8. The fraction of sp³-hybridized carbons (Fsp3) is 0.188. The van der Waals surface area contributed by atoms with Crippen LogP contribution in [0.5, 0.6) is 0 Å². The Hall–Kier alpha value is -2.81. The average Bonchev–Trinajstić information content (AvgIpc) is 2.62. The number of anilines is 1. The lowest BCUT2D eigenvalue weighted by Crippen LogP contribution is -2.69. The minimum Gasteiger partial charge on any atom is -0.464 e. The Bertz CT molecular complexity index is 785. The van der Waals surface area contributed by atoms with Crippen LogP contribution in [-0.4, -0.2) is 30.8 Å². The fourth-order valence-corrected chi connectivity index (χ4v) is 2.18. The maximum Gasteiger partial charge on any atom is 0.464 e. The quantitative estimate of drug-likeness (QED) is 0.609. The lowest BCUT2D eigenvalue weighted by Gasteiger charge is -2.30. The van der Waals surface area contributed by atoms with E-state index in [0.717, 1.165) is 7.11 Å². The molecule has 0 saturated carbocycles. The first-order valence-electron chi connectivity index (χ1n) is 7.18. The Balaban J connectivity index is 2.47. The van der Waals surface area contributed by atoms with Crippen LogP contribution in [0.2, 0.25) is 5.02 Å². The Morgan fingerprint density at radius 2 is 1.77 bits per heavy atom. The molecule has 6 nitrogen and oxygen atoms in total. The first kappa shape index (κ1) is 19.5. The van der Waals surface area contributed by atoms with Crippen LogP contribution < -0.4 is 15.6 Å². The molecular weight excluding hydrogens is 375 g/mol. The molecule has 1 aromatic heterocycles. The van der Waals surface area contributed by atoms with E-state index in [1.54, 1.807) is 11.4 Å². The van der Waals surface area contributed by atoms with E-state index in [0.29, 0.717) is 0 Å². The van der Waals surface area contributed by atoms with Crippen LogP contribution in [0, 0.1) is 0 Å². The van der Waals surface area contributed by atoms with Crippen molar-refractivity contribution < 1.29 is 32.5 Å². The number of benzene rings is 1. The molecule has 0 bridgehead atoms. The van der Waals surface area contributed by atoms with Crippen molar-refractivity contribution in [3.8, 4) is 0 Å². The fourth-order valence-electron chi connectivity index (χ4n) is 2.06. The molecule has 1 atom stereocenters. The summed E-state index contributed by atoms with van der Waals surface area (Å²) in [5.74, 6) is -3.07. The number of methoxy groups -OCH3 is 1. The molecule has 26 heavy (non-hydrogen) atoms. The Labute approximate surface area is 151 Å². The summed E-state index contributed by atoms with van der Waals surface area (Å²) >= 11 is 5.68. The number of hydrogen-bond acceptors (Lipinski definition) is 4. The van der Waals surface area contributed by atoms with Crippen molar-refractivity contribution in [3.63, 3.8) is 0 Å². The summed E-state index contributed by atoms with van der Waals surface area (Å²) in [5.41, 5.74) is -3.58. The van der Waals surface area contributed by atoms with Gasteiger partial charge in [-0.3, -0.25) is 10.1 Å². The summed E-state index contributed by atoms with van der Waals surface area (Å²) < 4.78 is 45.8. The number of amides is 1. The van der Waals surface area contributed by atoms with Gasteiger partial charge >= 0.3 is 17.8 Å². The van der Waals surface area contributed by atoms with Gasteiger partial charge in [-0.25, -0.2) is 15.1 Å². The van der Waals surface area contributed by atoms with Crippen LogP contribution in [0.15, 0.2) is 48.7 Å². The normalized spacial score (nSPS) is 13.4. The molecule has 0 aliphatic rings. The predicted octanol–water partition coefficient (Wildman–Crippen LogP) is 2.43. The van der Waals surface area contributed by atoms with Crippen molar-refractivity contribution in [1.82, 2.24) is 5.32 Å². The second kappa shape index (κ2) is 7.61. The molecule has 0 aliphatic carbocycles. The van der Waals surface area contributed by atoms with Gasteiger partial charge in [0.05, 0.1) is 12.1 Å². The monoisotopic (exact) mass is 388 g/mol. The van der Waals surface area contributed by atoms with E-state index < -0.39 is 23.7 Å². The van der Waals surface area contributed by atoms with Gasteiger partial charge in [-0.2, -0.15) is 13.2 Å². The lowest BCUT2D eigenvalue weighted by molar-refractivity contribution is -0.362.